The highest BCUT2D eigenvalue weighted by Gasteiger charge is 2.22. The molecule has 1 aliphatic rings. The van der Waals surface area contributed by atoms with Gasteiger partial charge in [0.1, 0.15) is 0 Å². The maximum atomic E-state index is 10.5. The standard InChI is InChI=1S/C18H30N2O/c1-15(2)13-19-9-11-20(12-10-19)14-16(3)18(21)17-7-5-4-6-8-17/h4-8,15-16,18,21H,9-14H2,1-3H3. The van der Waals surface area contributed by atoms with Crippen LogP contribution in [0.15, 0.2) is 30.3 Å². The summed E-state index contributed by atoms with van der Waals surface area (Å²) in [6.07, 6.45) is -0.361. The Balaban J connectivity index is 1.78. The summed E-state index contributed by atoms with van der Waals surface area (Å²) in [5.41, 5.74) is 1.03. The Hall–Kier alpha value is -0.900. The van der Waals surface area contributed by atoms with Crippen LogP contribution in [-0.4, -0.2) is 54.2 Å². The van der Waals surface area contributed by atoms with Crippen molar-refractivity contribution in [2.45, 2.75) is 26.9 Å². The van der Waals surface area contributed by atoms with E-state index in [-0.39, 0.29) is 12.0 Å². The molecule has 0 aromatic heterocycles. The van der Waals surface area contributed by atoms with Gasteiger partial charge >= 0.3 is 0 Å². The molecule has 0 amide bonds. The van der Waals surface area contributed by atoms with Crippen LogP contribution in [0.1, 0.15) is 32.4 Å². The van der Waals surface area contributed by atoms with E-state index in [1.807, 2.05) is 30.3 Å². The lowest BCUT2D eigenvalue weighted by Gasteiger charge is -2.37. The van der Waals surface area contributed by atoms with Gasteiger partial charge in [0.15, 0.2) is 0 Å². The van der Waals surface area contributed by atoms with Crippen molar-refractivity contribution in [1.29, 1.82) is 0 Å². The molecular weight excluding hydrogens is 260 g/mol. The van der Waals surface area contributed by atoms with E-state index >= 15 is 0 Å². The number of piperazine rings is 1. The second-order valence-electron chi connectivity index (χ2n) is 6.83. The molecule has 1 saturated heterocycles. The van der Waals surface area contributed by atoms with Crippen LogP contribution >= 0.6 is 0 Å². The van der Waals surface area contributed by atoms with Gasteiger partial charge in [-0.1, -0.05) is 51.1 Å². The van der Waals surface area contributed by atoms with Gasteiger partial charge in [0.25, 0.3) is 0 Å². The zero-order chi connectivity index (χ0) is 15.2. The van der Waals surface area contributed by atoms with Crippen molar-refractivity contribution in [3.05, 3.63) is 35.9 Å². The van der Waals surface area contributed by atoms with E-state index < -0.39 is 0 Å². The van der Waals surface area contributed by atoms with E-state index in [2.05, 4.69) is 30.6 Å². The summed E-state index contributed by atoms with van der Waals surface area (Å²) < 4.78 is 0. The largest absolute Gasteiger partial charge is 0.388 e. The molecule has 2 atom stereocenters. The van der Waals surface area contributed by atoms with Crippen LogP contribution in [0.25, 0.3) is 0 Å². The number of aliphatic hydroxyl groups excluding tert-OH is 1. The minimum absolute atomic E-state index is 0.268. The maximum absolute atomic E-state index is 10.5. The third-order valence-corrected chi connectivity index (χ3v) is 4.31. The Labute approximate surface area is 129 Å². The number of hydrogen-bond acceptors (Lipinski definition) is 3. The molecule has 21 heavy (non-hydrogen) atoms. The fourth-order valence-electron chi connectivity index (χ4n) is 3.16. The van der Waals surface area contributed by atoms with E-state index in [0.717, 1.165) is 44.2 Å². The first-order valence-electron chi connectivity index (χ1n) is 8.24. The summed E-state index contributed by atoms with van der Waals surface area (Å²) in [6.45, 7) is 13.5. The van der Waals surface area contributed by atoms with Gasteiger partial charge in [-0.05, 0) is 17.4 Å². The second-order valence-corrected chi connectivity index (χ2v) is 6.83. The Morgan fingerprint density at radius 3 is 1.95 bits per heavy atom. The molecule has 0 aliphatic carbocycles. The maximum Gasteiger partial charge on any atom is 0.0827 e. The van der Waals surface area contributed by atoms with Crippen molar-refractivity contribution in [3.63, 3.8) is 0 Å². The lowest BCUT2D eigenvalue weighted by Crippen LogP contribution is -2.48. The van der Waals surface area contributed by atoms with Crippen LogP contribution in [-0.2, 0) is 0 Å². The third-order valence-electron chi connectivity index (χ3n) is 4.31. The molecule has 1 aromatic rings. The molecule has 0 radical (unpaired) electrons. The molecule has 1 N–H and O–H groups in total. The lowest BCUT2D eigenvalue weighted by molar-refractivity contribution is 0.0620. The molecule has 1 aliphatic heterocycles. The number of benzene rings is 1. The van der Waals surface area contributed by atoms with Crippen LogP contribution < -0.4 is 0 Å². The van der Waals surface area contributed by atoms with E-state index in [4.69, 9.17) is 0 Å². The van der Waals surface area contributed by atoms with Crippen molar-refractivity contribution in [1.82, 2.24) is 9.80 Å². The highest BCUT2D eigenvalue weighted by molar-refractivity contribution is 5.17. The summed E-state index contributed by atoms with van der Waals surface area (Å²) in [5, 5.41) is 10.5. The Morgan fingerprint density at radius 1 is 0.905 bits per heavy atom. The van der Waals surface area contributed by atoms with Crippen molar-refractivity contribution in [2.75, 3.05) is 39.3 Å². The van der Waals surface area contributed by atoms with Gasteiger partial charge in [0.2, 0.25) is 0 Å². The van der Waals surface area contributed by atoms with Crippen molar-refractivity contribution >= 4 is 0 Å². The van der Waals surface area contributed by atoms with Gasteiger partial charge in [0, 0.05) is 39.3 Å². The Kier molecular flexibility index (Phi) is 6.22. The molecule has 0 bridgehead atoms. The molecule has 0 spiro atoms. The first-order valence-corrected chi connectivity index (χ1v) is 8.24. The van der Waals surface area contributed by atoms with E-state index in [0.29, 0.717) is 0 Å². The quantitative estimate of drug-likeness (QED) is 0.872. The summed E-state index contributed by atoms with van der Waals surface area (Å²) in [4.78, 5) is 5.05. The average Bonchev–Trinajstić information content (AvgIpc) is 2.49. The number of aliphatic hydroxyl groups is 1. The van der Waals surface area contributed by atoms with E-state index in [1.165, 1.54) is 6.54 Å². The first kappa shape index (κ1) is 16.5. The molecular formula is C18H30N2O. The zero-order valence-electron chi connectivity index (χ0n) is 13.7. The van der Waals surface area contributed by atoms with Gasteiger partial charge in [-0.25, -0.2) is 0 Å². The topological polar surface area (TPSA) is 26.7 Å². The monoisotopic (exact) mass is 290 g/mol. The van der Waals surface area contributed by atoms with E-state index in [9.17, 15) is 5.11 Å². The van der Waals surface area contributed by atoms with Crippen molar-refractivity contribution in [2.24, 2.45) is 11.8 Å². The predicted octanol–water partition coefficient (Wildman–Crippen LogP) is 2.63. The molecule has 1 fully saturated rings. The molecule has 118 valence electrons. The summed E-state index contributed by atoms with van der Waals surface area (Å²) in [6, 6.07) is 10.0. The van der Waals surface area contributed by atoms with Gasteiger partial charge in [-0.2, -0.15) is 0 Å². The van der Waals surface area contributed by atoms with Gasteiger partial charge in [-0.15, -0.1) is 0 Å². The second kappa shape index (κ2) is 7.92. The molecule has 0 saturated carbocycles. The average molecular weight is 290 g/mol. The number of hydrogen-bond donors (Lipinski definition) is 1. The van der Waals surface area contributed by atoms with Crippen molar-refractivity contribution < 1.29 is 5.11 Å². The SMILES string of the molecule is CC(C)CN1CCN(CC(C)C(O)c2ccccc2)CC1. The van der Waals surface area contributed by atoms with Crippen LogP contribution in [0, 0.1) is 11.8 Å². The van der Waals surface area contributed by atoms with Crippen LogP contribution in [0.5, 0.6) is 0 Å². The number of rotatable bonds is 6. The molecule has 2 rings (SSSR count). The summed E-state index contributed by atoms with van der Waals surface area (Å²) >= 11 is 0. The minimum Gasteiger partial charge on any atom is -0.388 e. The van der Waals surface area contributed by atoms with Gasteiger partial charge < -0.3 is 14.9 Å². The highest BCUT2D eigenvalue weighted by Crippen LogP contribution is 2.22. The van der Waals surface area contributed by atoms with Gasteiger partial charge in [0.05, 0.1) is 6.10 Å². The van der Waals surface area contributed by atoms with Crippen molar-refractivity contribution in [3.8, 4) is 0 Å². The molecule has 1 aromatic carbocycles. The molecule has 1 heterocycles. The molecule has 3 nitrogen and oxygen atoms in total. The first-order chi connectivity index (χ1) is 10.1. The lowest BCUT2D eigenvalue weighted by atomic mass is 9.96. The fourth-order valence-corrected chi connectivity index (χ4v) is 3.16. The molecule has 2 unspecified atom stereocenters. The normalized spacial score (nSPS) is 20.6. The summed E-state index contributed by atoms with van der Waals surface area (Å²) in [5.74, 6) is 1.01. The summed E-state index contributed by atoms with van der Waals surface area (Å²) in [7, 11) is 0. The fraction of sp³-hybridized carbons (Fsp3) is 0.667. The third kappa shape index (κ3) is 5.10. The number of nitrogens with zero attached hydrogens (tertiary/aromatic N) is 2. The van der Waals surface area contributed by atoms with E-state index in [1.54, 1.807) is 0 Å². The predicted molar refractivity (Wildman–Crippen MR) is 88.3 cm³/mol. The van der Waals surface area contributed by atoms with Crippen LogP contribution in [0.3, 0.4) is 0 Å². The smallest absolute Gasteiger partial charge is 0.0827 e. The Morgan fingerprint density at radius 2 is 1.43 bits per heavy atom. The highest BCUT2D eigenvalue weighted by atomic mass is 16.3. The van der Waals surface area contributed by atoms with Crippen LogP contribution in [0.2, 0.25) is 0 Å². The van der Waals surface area contributed by atoms with Crippen LogP contribution in [0.4, 0.5) is 0 Å². The Bertz CT molecular complexity index is 399. The van der Waals surface area contributed by atoms with Gasteiger partial charge in [-0.3, -0.25) is 0 Å². The molecule has 3 heteroatoms. The zero-order valence-corrected chi connectivity index (χ0v) is 13.7. The minimum atomic E-state index is -0.361.